The maximum Gasteiger partial charge on any atom is 0.0967 e. The smallest absolute Gasteiger partial charge is 0.0967 e. The zero-order valence-corrected chi connectivity index (χ0v) is 7.92. The molecule has 72 valence electrons. The highest BCUT2D eigenvalue weighted by molar-refractivity contribution is 4.94. The van der Waals surface area contributed by atoms with Crippen LogP contribution in [0.25, 0.3) is 0 Å². The maximum atomic E-state index is 10.2. The van der Waals surface area contributed by atoms with Gasteiger partial charge in [0.15, 0.2) is 0 Å². The van der Waals surface area contributed by atoms with Gasteiger partial charge >= 0.3 is 0 Å². The summed E-state index contributed by atoms with van der Waals surface area (Å²) in [6, 6.07) is 0. The Morgan fingerprint density at radius 3 is 2.75 bits per heavy atom. The lowest BCUT2D eigenvalue weighted by Gasteiger charge is -2.33. The average molecular weight is 173 g/mol. The molecule has 3 nitrogen and oxygen atoms in total. The number of aliphatic hydroxyl groups is 1. The summed E-state index contributed by atoms with van der Waals surface area (Å²) < 4.78 is 5.25. The Kier molecular flexibility index (Phi) is 3.09. The average Bonchev–Trinajstić information content (AvgIpc) is 2.36. The van der Waals surface area contributed by atoms with E-state index in [-0.39, 0.29) is 11.8 Å². The molecule has 0 bridgehead atoms. The van der Waals surface area contributed by atoms with Gasteiger partial charge in [-0.1, -0.05) is 13.8 Å². The van der Waals surface area contributed by atoms with Gasteiger partial charge in [0.2, 0.25) is 0 Å². The van der Waals surface area contributed by atoms with Crippen molar-refractivity contribution in [2.75, 3.05) is 19.8 Å². The summed E-state index contributed by atoms with van der Waals surface area (Å²) >= 11 is 0. The molecular weight excluding hydrogens is 154 g/mol. The van der Waals surface area contributed by atoms with Gasteiger partial charge in [0.1, 0.15) is 0 Å². The first-order chi connectivity index (χ1) is 5.65. The maximum absolute atomic E-state index is 10.2. The molecule has 1 aliphatic rings. The van der Waals surface area contributed by atoms with E-state index in [1.807, 2.05) is 6.92 Å². The molecule has 3 heteroatoms. The number of hydrogen-bond acceptors (Lipinski definition) is 3. The van der Waals surface area contributed by atoms with Gasteiger partial charge in [-0.3, -0.25) is 0 Å². The molecule has 0 radical (unpaired) electrons. The first kappa shape index (κ1) is 9.96. The van der Waals surface area contributed by atoms with E-state index in [1.165, 1.54) is 0 Å². The lowest BCUT2D eigenvalue weighted by atomic mass is 9.79. The molecule has 12 heavy (non-hydrogen) atoms. The Morgan fingerprint density at radius 2 is 2.42 bits per heavy atom. The summed E-state index contributed by atoms with van der Waals surface area (Å²) in [5, 5.41) is 10.2. The number of hydrogen-bond donors (Lipinski definition) is 2. The van der Waals surface area contributed by atoms with Crippen molar-refractivity contribution in [3.63, 3.8) is 0 Å². The van der Waals surface area contributed by atoms with Crippen molar-refractivity contribution in [1.29, 1.82) is 0 Å². The fourth-order valence-corrected chi connectivity index (χ4v) is 1.93. The largest absolute Gasteiger partial charge is 0.387 e. The lowest BCUT2D eigenvalue weighted by Crippen LogP contribution is -2.46. The van der Waals surface area contributed by atoms with Gasteiger partial charge in [-0.25, -0.2) is 0 Å². The molecule has 1 fully saturated rings. The van der Waals surface area contributed by atoms with E-state index in [0.717, 1.165) is 6.42 Å². The van der Waals surface area contributed by atoms with E-state index >= 15 is 0 Å². The van der Waals surface area contributed by atoms with Crippen molar-refractivity contribution in [1.82, 2.24) is 0 Å². The molecule has 3 N–H and O–H groups in total. The first-order valence-electron chi connectivity index (χ1n) is 4.65. The Labute approximate surface area is 73.9 Å². The van der Waals surface area contributed by atoms with Gasteiger partial charge < -0.3 is 15.6 Å². The fraction of sp³-hybridized carbons (Fsp3) is 1.00. The normalized spacial score (nSPS) is 38.5. The molecule has 3 unspecified atom stereocenters. The van der Waals surface area contributed by atoms with E-state index < -0.39 is 5.60 Å². The van der Waals surface area contributed by atoms with Crippen molar-refractivity contribution in [2.45, 2.75) is 25.9 Å². The van der Waals surface area contributed by atoms with Crippen LogP contribution in [0.4, 0.5) is 0 Å². The number of nitrogens with two attached hydrogens (primary N) is 1. The third-order valence-electron chi connectivity index (χ3n) is 3.04. The van der Waals surface area contributed by atoms with Gasteiger partial charge in [0.05, 0.1) is 18.8 Å². The second-order valence-electron chi connectivity index (χ2n) is 3.75. The third kappa shape index (κ3) is 1.49. The summed E-state index contributed by atoms with van der Waals surface area (Å²) in [5.74, 6) is 0.390. The van der Waals surface area contributed by atoms with Crippen molar-refractivity contribution in [3.8, 4) is 0 Å². The zero-order chi connectivity index (χ0) is 9.19. The van der Waals surface area contributed by atoms with Crippen molar-refractivity contribution in [3.05, 3.63) is 0 Å². The standard InChI is InChI=1S/C9H19NO2/c1-3-8(4-10)9(11)6-12-5-7(9)2/h7-8,11H,3-6,10H2,1-2H3. The lowest BCUT2D eigenvalue weighted by molar-refractivity contribution is -0.0455. The summed E-state index contributed by atoms with van der Waals surface area (Å²) in [6.45, 7) is 5.73. The minimum Gasteiger partial charge on any atom is -0.387 e. The van der Waals surface area contributed by atoms with Crippen LogP contribution in [0.1, 0.15) is 20.3 Å². The van der Waals surface area contributed by atoms with Gasteiger partial charge in [-0.05, 0) is 13.0 Å². The van der Waals surface area contributed by atoms with E-state index in [1.54, 1.807) is 0 Å². The van der Waals surface area contributed by atoms with Crippen LogP contribution in [-0.2, 0) is 4.74 Å². The van der Waals surface area contributed by atoms with Crippen LogP contribution < -0.4 is 5.73 Å². The van der Waals surface area contributed by atoms with Crippen molar-refractivity contribution >= 4 is 0 Å². The molecule has 3 atom stereocenters. The number of ether oxygens (including phenoxy) is 1. The molecule has 0 saturated carbocycles. The molecule has 0 aliphatic carbocycles. The molecular formula is C9H19NO2. The third-order valence-corrected chi connectivity index (χ3v) is 3.04. The molecule has 1 saturated heterocycles. The van der Waals surface area contributed by atoms with Gasteiger partial charge in [-0.2, -0.15) is 0 Å². The summed E-state index contributed by atoms with van der Waals surface area (Å²) in [7, 11) is 0. The molecule has 0 amide bonds. The van der Waals surface area contributed by atoms with Crippen LogP contribution in [-0.4, -0.2) is 30.5 Å². The summed E-state index contributed by atoms with van der Waals surface area (Å²) in [5.41, 5.74) is 4.92. The highest BCUT2D eigenvalue weighted by Gasteiger charge is 2.44. The number of rotatable bonds is 3. The van der Waals surface area contributed by atoms with Gasteiger partial charge in [0, 0.05) is 11.8 Å². The summed E-state index contributed by atoms with van der Waals surface area (Å²) in [4.78, 5) is 0. The molecule has 1 aliphatic heterocycles. The quantitative estimate of drug-likeness (QED) is 0.648. The van der Waals surface area contributed by atoms with Crippen molar-refractivity contribution in [2.24, 2.45) is 17.6 Å². The second kappa shape index (κ2) is 3.73. The first-order valence-corrected chi connectivity index (χ1v) is 4.65. The van der Waals surface area contributed by atoms with Crippen LogP contribution in [0.15, 0.2) is 0 Å². The van der Waals surface area contributed by atoms with E-state index in [0.29, 0.717) is 19.8 Å². The molecule has 0 aromatic carbocycles. The Balaban J connectivity index is 2.67. The topological polar surface area (TPSA) is 55.5 Å². The van der Waals surface area contributed by atoms with Crippen LogP contribution in [0, 0.1) is 11.8 Å². The molecule has 0 aromatic heterocycles. The zero-order valence-electron chi connectivity index (χ0n) is 7.92. The van der Waals surface area contributed by atoms with Crippen LogP contribution >= 0.6 is 0 Å². The minimum absolute atomic E-state index is 0.176. The Morgan fingerprint density at radius 1 is 1.75 bits per heavy atom. The fourth-order valence-electron chi connectivity index (χ4n) is 1.93. The summed E-state index contributed by atoms with van der Waals surface area (Å²) in [6.07, 6.45) is 0.917. The molecule has 0 aromatic rings. The van der Waals surface area contributed by atoms with Gasteiger partial charge in [-0.15, -0.1) is 0 Å². The predicted octanol–water partition coefficient (Wildman–Crippen LogP) is 0.369. The van der Waals surface area contributed by atoms with Crippen LogP contribution in [0.3, 0.4) is 0 Å². The van der Waals surface area contributed by atoms with Crippen LogP contribution in [0.2, 0.25) is 0 Å². The van der Waals surface area contributed by atoms with Gasteiger partial charge in [0.25, 0.3) is 0 Å². The highest BCUT2D eigenvalue weighted by Crippen LogP contribution is 2.33. The molecule has 1 heterocycles. The minimum atomic E-state index is -0.677. The second-order valence-corrected chi connectivity index (χ2v) is 3.75. The SMILES string of the molecule is CCC(CN)C1(O)COCC1C. The highest BCUT2D eigenvalue weighted by atomic mass is 16.5. The Hall–Kier alpha value is -0.120. The van der Waals surface area contributed by atoms with E-state index in [9.17, 15) is 5.11 Å². The molecule has 1 rings (SSSR count). The van der Waals surface area contributed by atoms with Crippen molar-refractivity contribution < 1.29 is 9.84 Å². The van der Waals surface area contributed by atoms with E-state index in [2.05, 4.69) is 6.92 Å². The predicted molar refractivity (Wildman–Crippen MR) is 47.8 cm³/mol. The Bertz CT molecular complexity index is 147. The monoisotopic (exact) mass is 173 g/mol. The molecule has 0 spiro atoms. The van der Waals surface area contributed by atoms with E-state index in [4.69, 9.17) is 10.5 Å². The van der Waals surface area contributed by atoms with Crippen LogP contribution in [0.5, 0.6) is 0 Å².